The average Bonchev–Trinajstić information content (AvgIpc) is 3.29. The molecule has 6 heteroatoms. The second kappa shape index (κ2) is 7.63. The first kappa shape index (κ1) is 24.0. The number of benzene rings is 1. The predicted molar refractivity (Wildman–Crippen MR) is 129 cm³/mol. The maximum atomic E-state index is 14.5. The molecule has 2 bridgehead atoms. The van der Waals surface area contributed by atoms with Gasteiger partial charge in [0.1, 0.15) is 0 Å². The molecule has 1 spiro atoms. The van der Waals surface area contributed by atoms with Gasteiger partial charge in [0.2, 0.25) is 0 Å². The Bertz CT molecular complexity index is 1160. The Morgan fingerprint density at radius 2 is 1.66 bits per heavy atom. The summed E-state index contributed by atoms with van der Waals surface area (Å²) in [6.07, 6.45) is 2.20. The topological polar surface area (TPSA) is 89.9 Å². The van der Waals surface area contributed by atoms with Crippen molar-refractivity contribution in [3.05, 3.63) is 59.2 Å². The van der Waals surface area contributed by atoms with E-state index in [1.54, 1.807) is 44.2 Å². The summed E-state index contributed by atoms with van der Waals surface area (Å²) in [7, 11) is 0. The van der Waals surface area contributed by atoms with E-state index >= 15 is 0 Å². The lowest BCUT2D eigenvalue weighted by Crippen LogP contribution is -2.66. The minimum atomic E-state index is -1.96. The van der Waals surface area contributed by atoms with E-state index in [1.807, 2.05) is 19.1 Å². The highest BCUT2D eigenvalue weighted by molar-refractivity contribution is 5.96. The number of rotatable bonds is 3. The molecule has 5 rings (SSSR count). The summed E-state index contributed by atoms with van der Waals surface area (Å²) in [5.41, 5.74) is -1.74. The Morgan fingerprint density at radius 1 is 1.03 bits per heavy atom. The molecule has 2 saturated carbocycles. The van der Waals surface area contributed by atoms with Gasteiger partial charge in [-0.3, -0.25) is 9.59 Å². The standard InChI is InChI=1S/C29H34O6/c1-15-12-20-22-21(27(22,5)6)13-17(3)28(23(20)31)14-16(2)25(34-18(4)30)29(28,33)24(15)35-26(32)19-10-8-7-9-11-19/h7-12,14,17,20-22,24-25,33H,13H2,1-6H3/t17-,20-,21?,22+,24-,25+,28?,29+/m1/s1. The molecular formula is C29H34O6. The van der Waals surface area contributed by atoms with E-state index in [9.17, 15) is 19.5 Å². The minimum Gasteiger partial charge on any atom is -0.455 e. The van der Waals surface area contributed by atoms with Gasteiger partial charge in [-0.05, 0) is 66.7 Å². The second-order valence-electron chi connectivity index (χ2n) is 11.6. The van der Waals surface area contributed by atoms with Crippen LogP contribution in [-0.4, -0.2) is 40.6 Å². The van der Waals surface area contributed by atoms with Crippen LogP contribution in [0.25, 0.3) is 0 Å². The molecule has 0 radical (unpaired) electrons. The van der Waals surface area contributed by atoms with Crippen molar-refractivity contribution in [2.75, 3.05) is 0 Å². The Morgan fingerprint density at radius 3 is 2.29 bits per heavy atom. The summed E-state index contributed by atoms with van der Waals surface area (Å²) in [4.78, 5) is 39.9. The molecule has 0 saturated heterocycles. The van der Waals surface area contributed by atoms with Gasteiger partial charge in [-0.15, -0.1) is 0 Å². The van der Waals surface area contributed by atoms with E-state index in [1.165, 1.54) is 6.92 Å². The van der Waals surface area contributed by atoms with E-state index in [2.05, 4.69) is 13.8 Å². The Hall–Kier alpha value is -2.73. The molecule has 0 aliphatic heterocycles. The smallest absolute Gasteiger partial charge is 0.338 e. The van der Waals surface area contributed by atoms with Crippen molar-refractivity contribution in [1.82, 2.24) is 0 Å². The molecule has 1 N–H and O–H groups in total. The molecule has 6 nitrogen and oxygen atoms in total. The lowest BCUT2D eigenvalue weighted by atomic mass is 9.59. The number of allylic oxidation sites excluding steroid dienone is 1. The summed E-state index contributed by atoms with van der Waals surface area (Å²) in [6, 6.07) is 8.58. The van der Waals surface area contributed by atoms with Crippen molar-refractivity contribution in [2.24, 2.45) is 34.5 Å². The summed E-state index contributed by atoms with van der Waals surface area (Å²) in [5.74, 6) is -1.39. The van der Waals surface area contributed by atoms with Crippen molar-refractivity contribution in [3.63, 3.8) is 0 Å². The van der Waals surface area contributed by atoms with Crippen LogP contribution < -0.4 is 0 Å². The Balaban J connectivity index is 1.71. The van der Waals surface area contributed by atoms with Gasteiger partial charge in [-0.25, -0.2) is 4.79 Å². The molecule has 4 aliphatic rings. The number of ketones is 1. The third-order valence-electron chi connectivity index (χ3n) is 9.33. The van der Waals surface area contributed by atoms with Gasteiger partial charge in [-0.1, -0.05) is 51.1 Å². The first-order valence-electron chi connectivity index (χ1n) is 12.4. The molecule has 186 valence electrons. The van der Waals surface area contributed by atoms with Crippen LogP contribution >= 0.6 is 0 Å². The number of carbonyl (C=O) groups excluding carboxylic acids is 3. The lowest BCUT2D eigenvalue weighted by molar-refractivity contribution is -0.202. The number of esters is 2. The molecule has 2 fully saturated rings. The molecule has 0 amide bonds. The highest BCUT2D eigenvalue weighted by Gasteiger charge is 2.77. The molecule has 2 unspecified atom stereocenters. The van der Waals surface area contributed by atoms with E-state index in [0.29, 0.717) is 22.6 Å². The number of hydrogen-bond acceptors (Lipinski definition) is 6. The lowest BCUT2D eigenvalue weighted by Gasteiger charge is -2.49. The molecular weight excluding hydrogens is 444 g/mol. The largest absolute Gasteiger partial charge is 0.455 e. The fourth-order valence-corrected chi connectivity index (χ4v) is 7.65. The second-order valence-corrected chi connectivity index (χ2v) is 11.6. The van der Waals surface area contributed by atoms with Crippen molar-refractivity contribution < 1.29 is 29.0 Å². The fourth-order valence-electron chi connectivity index (χ4n) is 7.65. The third kappa shape index (κ3) is 3.08. The quantitative estimate of drug-likeness (QED) is 0.515. The number of ether oxygens (including phenoxy) is 2. The van der Waals surface area contributed by atoms with Crippen LogP contribution in [0, 0.1) is 34.5 Å². The summed E-state index contributed by atoms with van der Waals surface area (Å²) in [5, 5.41) is 12.7. The zero-order valence-electron chi connectivity index (χ0n) is 21.2. The van der Waals surface area contributed by atoms with E-state index < -0.39 is 41.1 Å². The molecule has 4 aliphatic carbocycles. The van der Waals surface area contributed by atoms with Crippen LogP contribution in [0.15, 0.2) is 53.6 Å². The molecule has 1 aromatic carbocycles. The van der Waals surface area contributed by atoms with E-state index in [4.69, 9.17) is 9.47 Å². The summed E-state index contributed by atoms with van der Waals surface area (Å²) in [6.45, 7) is 11.2. The van der Waals surface area contributed by atoms with Gasteiger partial charge in [-0.2, -0.15) is 0 Å². The van der Waals surface area contributed by atoms with Crippen molar-refractivity contribution in [2.45, 2.75) is 65.8 Å². The van der Waals surface area contributed by atoms with Crippen LogP contribution in [-0.2, 0) is 19.1 Å². The Kier molecular flexibility index (Phi) is 5.23. The molecule has 0 heterocycles. The number of carbonyl (C=O) groups is 3. The first-order valence-corrected chi connectivity index (χ1v) is 12.4. The number of Topliss-reactive ketones (excluding diaryl/α,β-unsaturated/α-hetero) is 1. The fraction of sp³-hybridized carbons (Fsp3) is 0.552. The first-order chi connectivity index (χ1) is 16.4. The summed E-state index contributed by atoms with van der Waals surface area (Å²) < 4.78 is 11.7. The third-order valence-corrected chi connectivity index (χ3v) is 9.33. The van der Waals surface area contributed by atoms with Gasteiger partial charge in [0.15, 0.2) is 23.6 Å². The Labute approximate surface area is 206 Å². The highest BCUT2D eigenvalue weighted by atomic mass is 16.6. The van der Waals surface area contributed by atoms with Crippen LogP contribution in [0.4, 0.5) is 0 Å². The van der Waals surface area contributed by atoms with Gasteiger partial charge in [0, 0.05) is 12.8 Å². The number of fused-ring (bicyclic) bond motifs is 3. The number of aliphatic hydroxyl groups is 1. The molecule has 1 aromatic rings. The maximum absolute atomic E-state index is 14.5. The normalized spacial score (nSPS) is 40.8. The average molecular weight is 479 g/mol. The molecule has 8 atom stereocenters. The van der Waals surface area contributed by atoms with Crippen molar-refractivity contribution in [1.29, 1.82) is 0 Å². The monoisotopic (exact) mass is 478 g/mol. The van der Waals surface area contributed by atoms with E-state index in [0.717, 1.165) is 6.42 Å². The van der Waals surface area contributed by atoms with Gasteiger partial charge in [0.25, 0.3) is 0 Å². The predicted octanol–water partition coefficient (Wildman–Crippen LogP) is 4.28. The zero-order chi connectivity index (χ0) is 25.5. The minimum absolute atomic E-state index is 0.0122. The molecule has 0 aromatic heterocycles. The van der Waals surface area contributed by atoms with Crippen LogP contribution in [0.3, 0.4) is 0 Å². The zero-order valence-corrected chi connectivity index (χ0v) is 21.2. The van der Waals surface area contributed by atoms with Crippen LogP contribution in [0.5, 0.6) is 0 Å². The van der Waals surface area contributed by atoms with Gasteiger partial charge < -0.3 is 14.6 Å². The SMILES string of the molecule is CC(=O)O[C@H]1C(C)=CC23C(=O)[C@H](C=C(C)[C@@H](OC(=O)c4ccccc4)[C@]12O)[C@H]1C(C[C@H]3C)C1(C)C. The van der Waals surface area contributed by atoms with Crippen molar-refractivity contribution >= 4 is 17.7 Å². The van der Waals surface area contributed by atoms with Gasteiger partial charge >= 0.3 is 11.9 Å². The maximum Gasteiger partial charge on any atom is 0.338 e. The van der Waals surface area contributed by atoms with Crippen LogP contribution in [0.2, 0.25) is 0 Å². The molecule has 35 heavy (non-hydrogen) atoms. The number of hydrogen-bond donors (Lipinski definition) is 1. The van der Waals surface area contributed by atoms with Crippen LogP contribution in [0.1, 0.15) is 58.3 Å². The highest BCUT2D eigenvalue weighted by Crippen LogP contribution is 2.71. The van der Waals surface area contributed by atoms with Gasteiger partial charge in [0.05, 0.1) is 11.0 Å². The summed E-state index contributed by atoms with van der Waals surface area (Å²) >= 11 is 0. The van der Waals surface area contributed by atoms with Crippen molar-refractivity contribution in [3.8, 4) is 0 Å². The van der Waals surface area contributed by atoms with E-state index in [-0.39, 0.29) is 23.0 Å².